The zero-order valence-electron chi connectivity index (χ0n) is 11.8. The molecule has 1 saturated carbocycles. The van der Waals surface area contributed by atoms with Crippen LogP contribution in [0, 0.1) is 5.41 Å². The van der Waals surface area contributed by atoms with Crippen molar-refractivity contribution >= 4 is 9.84 Å². The molecule has 1 aliphatic carbocycles. The highest BCUT2D eigenvalue weighted by Crippen LogP contribution is 2.62. The summed E-state index contributed by atoms with van der Waals surface area (Å²) in [6.45, 7) is 1.67. The van der Waals surface area contributed by atoms with Crippen molar-refractivity contribution in [1.82, 2.24) is 0 Å². The molecule has 0 saturated heterocycles. The summed E-state index contributed by atoms with van der Waals surface area (Å²) in [7, 11) is -3.28. The number of hydrogen-bond donors (Lipinski definition) is 2. The Bertz CT molecular complexity index is 653. The first kappa shape index (κ1) is 14.6. The fourth-order valence-electron chi connectivity index (χ4n) is 3.31. The van der Waals surface area contributed by atoms with Crippen LogP contribution in [0.2, 0.25) is 0 Å². The van der Waals surface area contributed by atoms with E-state index in [1.807, 2.05) is 6.07 Å². The van der Waals surface area contributed by atoms with E-state index >= 15 is 0 Å². The summed E-state index contributed by atoms with van der Waals surface area (Å²) < 4.78 is 35.2. The van der Waals surface area contributed by atoms with Gasteiger partial charge in [-0.2, -0.15) is 0 Å². The number of aliphatic hydroxyl groups excluding tert-OH is 1. The van der Waals surface area contributed by atoms with Gasteiger partial charge in [0.25, 0.3) is 0 Å². The smallest absolute Gasteiger partial charge is 0.231 e. The van der Waals surface area contributed by atoms with Gasteiger partial charge in [0.1, 0.15) is 0 Å². The fraction of sp³-hybridized carbons (Fsp3) is 0.571. The van der Waals surface area contributed by atoms with Crippen LogP contribution in [0.25, 0.3) is 0 Å². The van der Waals surface area contributed by atoms with Crippen LogP contribution in [-0.2, 0) is 9.84 Å². The molecule has 0 amide bonds. The molecule has 0 aromatic heterocycles. The Morgan fingerprint density at radius 2 is 2.10 bits per heavy atom. The van der Waals surface area contributed by atoms with Crippen LogP contribution in [0.4, 0.5) is 0 Å². The molecule has 0 bridgehead atoms. The van der Waals surface area contributed by atoms with Crippen molar-refractivity contribution < 1.29 is 23.0 Å². The van der Waals surface area contributed by atoms with E-state index < -0.39 is 20.5 Å². The molecule has 7 heteroatoms. The lowest BCUT2D eigenvalue weighted by Crippen LogP contribution is -2.28. The van der Waals surface area contributed by atoms with Gasteiger partial charge in [-0.1, -0.05) is 13.0 Å². The van der Waals surface area contributed by atoms with E-state index in [0.29, 0.717) is 11.5 Å². The summed E-state index contributed by atoms with van der Waals surface area (Å²) in [6.07, 6.45) is 0. The second kappa shape index (κ2) is 4.86. The van der Waals surface area contributed by atoms with E-state index in [-0.39, 0.29) is 31.6 Å². The molecule has 3 atom stereocenters. The molecule has 3 N–H and O–H groups in total. The number of nitrogens with two attached hydrogens (primary N) is 1. The average molecular weight is 313 g/mol. The van der Waals surface area contributed by atoms with Gasteiger partial charge in [0.2, 0.25) is 6.79 Å². The third-order valence-corrected chi connectivity index (χ3v) is 6.92. The van der Waals surface area contributed by atoms with Crippen molar-refractivity contribution in [3.63, 3.8) is 0 Å². The second-order valence-electron chi connectivity index (χ2n) is 5.56. The highest BCUT2D eigenvalue weighted by Gasteiger charge is 2.69. The number of fused-ring (bicyclic) bond motifs is 1. The van der Waals surface area contributed by atoms with Gasteiger partial charge in [0, 0.05) is 23.6 Å². The summed E-state index contributed by atoms with van der Waals surface area (Å²) in [5, 5.41) is 9.08. The maximum atomic E-state index is 12.3. The molecule has 1 heterocycles. The molecule has 21 heavy (non-hydrogen) atoms. The first-order chi connectivity index (χ1) is 10.00. The van der Waals surface area contributed by atoms with Crippen molar-refractivity contribution in [3.8, 4) is 11.5 Å². The fourth-order valence-corrected chi connectivity index (χ4v) is 5.46. The average Bonchev–Trinajstić information content (AvgIpc) is 2.98. The van der Waals surface area contributed by atoms with Crippen LogP contribution in [0.15, 0.2) is 18.2 Å². The SMILES string of the molecule is CCS(=O)(=O)[C@@H]1[C@@H](c2ccc3c(c2)OCO3)[C@@]1(CN)CO. The van der Waals surface area contributed by atoms with Crippen LogP contribution >= 0.6 is 0 Å². The van der Waals surface area contributed by atoms with Gasteiger partial charge in [-0.05, 0) is 17.7 Å². The zero-order chi connectivity index (χ0) is 15.3. The molecule has 116 valence electrons. The minimum absolute atomic E-state index is 0.0421. The summed E-state index contributed by atoms with van der Waals surface area (Å²) in [5.41, 5.74) is 5.81. The van der Waals surface area contributed by atoms with E-state index in [1.54, 1.807) is 19.1 Å². The number of benzene rings is 1. The number of hydrogen-bond acceptors (Lipinski definition) is 6. The quantitative estimate of drug-likeness (QED) is 0.808. The molecule has 2 aliphatic rings. The third kappa shape index (κ3) is 2.03. The number of rotatable bonds is 5. The summed E-state index contributed by atoms with van der Waals surface area (Å²) in [6, 6.07) is 5.38. The van der Waals surface area contributed by atoms with Crippen molar-refractivity contribution in [2.45, 2.75) is 18.1 Å². The van der Waals surface area contributed by atoms with Crippen molar-refractivity contribution in [2.24, 2.45) is 11.1 Å². The maximum absolute atomic E-state index is 12.3. The largest absolute Gasteiger partial charge is 0.454 e. The molecule has 3 rings (SSSR count). The van der Waals surface area contributed by atoms with Gasteiger partial charge < -0.3 is 20.3 Å². The van der Waals surface area contributed by atoms with Crippen LogP contribution < -0.4 is 15.2 Å². The van der Waals surface area contributed by atoms with Gasteiger partial charge in [-0.15, -0.1) is 0 Å². The minimum atomic E-state index is -3.28. The Balaban J connectivity index is 2.01. The molecule has 1 aromatic rings. The lowest BCUT2D eigenvalue weighted by molar-refractivity contribution is 0.174. The van der Waals surface area contributed by atoms with Crippen LogP contribution in [0.1, 0.15) is 18.4 Å². The molecular formula is C14H19NO5S. The van der Waals surface area contributed by atoms with E-state index in [9.17, 15) is 13.5 Å². The van der Waals surface area contributed by atoms with Gasteiger partial charge in [0.15, 0.2) is 21.3 Å². The van der Waals surface area contributed by atoms with Gasteiger partial charge in [-0.3, -0.25) is 0 Å². The van der Waals surface area contributed by atoms with Gasteiger partial charge in [-0.25, -0.2) is 8.42 Å². The summed E-state index contributed by atoms with van der Waals surface area (Å²) in [4.78, 5) is 0. The number of aliphatic hydroxyl groups is 1. The van der Waals surface area contributed by atoms with E-state index in [0.717, 1.165) is 5.56 Å². The highest BCUT2D eigenvalue weighted by atomic mass is 32.2. The summed E-state index contributed by atoms with van der Waals surface area (Å²) >= 11 is 0. The second-order valence-corrected chi connectivity index (χ2v) is 7.97. The molecule has 1 aromatic carbocycles. The van der Waals surface area contributed by atoms with Crippen LogP contribution in [0.5, 0.6) is 11.5 Å². The lowest BCUT2D eigenvalue weighted by atomic mass is 10.00. The minimum Gasteiger partial charge on any atom is -0.454 e. The Hall–Kier alpha value is -1.31. The first-order valence-electron chi connectivity index (χ1n) is 6.92. The molecule has 0 spiro atoms. The molecule has 6 nitrogen and oxygen atoms in total. The predicted molar refractivity (Wildman–Crippen MR) is 77.1 cm³/mol. The topological polar surface area (TPSA) is 98.9 Å². The Morgan fingerprint density at radius 1 is 1.38 bits per heavy atom. The third-order valence-electron chi connectivity index (χ3n) is 4.60. The predicted octanol–water partition coefficient (Wildman–Crippen LogP) is 0.253. The number of sulfone groups is 1. The lowest BCUT2D eigenvalue weighted by Gasteiger charge is -2.11. The Morgan fingerprint density at radius 3 is 2.71 bits per heavy atom. The van der Waals surface area contributed by atoms with Gasteiger partial charge >= 0.3 is 0 Å². The van der Waals surface area contributed by atoms with Crippen molar-refractivity contribution in [2.75, 3.05) is 25.7 Å². The summed E-state index contributed by atoms with van der Waals surface area (Å²) in [5.74, 6) is 1.00. The molecule has 1 aliphatic heterocycles. The molecular weight excluding hydrogens is 294 g/mol. The van der Waals surface area contributed by atoms with Gasteiger partial charge in [0.05, 0.1) is 11.9 Å². The molecule has 0 unspecified atom stereocenters. The monoisotopic (exact) mass is 313 g/mol. The Kier molecular flexibility index (Phi) is 3.38. The highest BCUT2D eigenvalue weighted by molar-refractivity contribution is 7.92. The Labute approximate surface area is 123 Å². The first-order valence-corrected chi connectivity index (χ1v) is 8.63. The zero-order valence-corrected chi connectivity index (χ0v) is 12.6. The standard InChI is InChI=1S/C14H19NO5S/c1-2-21(17,18)13-12(14(13,6-15)7-16)9-3-4-10-11(5-9)20-8-19-10/h3-5,12-13,16H,2,6-8,15H2,1H3/t12-,13-,14-/m1/s1. The van der Waals surface area contributed by atoms with Crippen molar-refractivity contribution in [1.29, 1.82) is 0 Å². The van der Waals surface area contributed by atoms with E-state index in [1.165, 1.54) is 0 Å². The number of ether oxygens (including phenoxy) is 2. The van der Waals surface area contributed by atoms with Crippen LogP contribution in [-0.4, -0.2) is 44.5 Å². The van der Waals surface area contributed by atoms with E-state index in [2.05, 4.69) is 0 Å². The normalized spacial score (nSPS) is 30.4. The van der Waals surface area contributed by atoms with E-state index in [4.69, 9.17) is 15.2 Å². The maximum Gasteiger partial charge on any atom is 0.231 e. The molecule has 0 radical (unpaired) electrons. The van der Waals surface area contributed by atoms with Crippen LogP contribution in [0.3, 0.4) is 0 Å². The van der Waals surface area contributed by atoms with Crippen molar-refractivity contribution in [3.05, 3.63) is 23.8 Å². The molecule has 1 fully saturated rings.